The first-order chi connectivity index (χ1) is 9.83. The summed E-state index contributed by atoms with van der Waals surface area (Å²) < 4.78 is 28.9. The van der Waals surface area contributed by atoms with Crippen LogP contribution in [-0.2, 0) is 30.0 Å². The highest BCUT2D eigenvalue weighted by Crippen LogP contribution is 2.17. The third kappa shape index (κ3) is 3.43. The van der Waals surface area contributed by atoms with Crippen LogP contribution in [0.2, 0.25) is 0 Å². The lowest BCUT2D eigenvalue weighted by molar-refractivity contribution is 0.581. The van der Waals surface area contributed by atoms with Crippen LogP contribution in [0.1, 0.15) is 23.7 Å². The minimum atomic E-state index is -3.56. The van der Waals surface area contributed by atoms with Gasteiger partial charge in [0.25, 0.3) is 0 Å². The molecule has 0 saturated carbocycles. The zero-order chi connectivity index (χ0) is 15.6. The predicted molar refractivity (Wildman–Crippen MR) is 82.2 cm³/mol. The average Bonchev–Trinajstić information content (AvgIpc) is 2.80. The summed E-state index contributed by atoms with van der Waals surface area (Å²) >= 11 is 0. The second kappa shape index (κ2) is 5.87. The Balaban J connectivity index is 2.19. The van der Waals surface area contributed by atoms with E-state index >= 15 is 0 Å². The van der Waals surface area contributed by atoms with Crippen LogP contribution in [0.15, 0.2) is 29.3 Å². The highest BCUT2D eigenvalue weighted by Gasteiger charge is 2.16. The average molecular weight is 308 g/mol. The Kier molecular flexibility index (Phi) is 4.34. The predicted octanol–water partition coefficient (Wildman–Crippen LogP) is 1.35. The van der Waals surface area contributed by atoms with E-state index < -0.39 is 10.0 Å². The van der Waals surface area contributed by atoms with E-state index in [1.54, 1.807) is 23.7 Å². The van der Waals surface area contributed by atoms with Crippen molar-refractivity contribution in [2.75, 3.05) is 5.73 Å². The van der Waals surface area contributed by atoms with Gasteiger partial charge in [-0.3, -0.25) is 4.68 Å². The van der Waals surface area contributed by atoms with E-state index in [4.69, 9.17) is 5.73 Å². The Hall–Kier alpha value is -1.86. The number of aryl methyl sites for hydroxylation is 3. The number of benzene rings is 1. The molecule has 0 spiro atoms. The molecule has 2 rings (SSSR count). The molecule has 7 heteroatoms. The maximum Gasteiger partial charge on any atom is 0.240 e. The Morgan fingerprint density at radius 2 is 2.10 bits per heavy atom. The van der Waals surface area contributed by atoms with Crippen LogP contribution in [0.4, 0.5) is 5.69 Å². The fraction of sp³-hybridized carbons (Fsp3) is 0.357. The lowest BCUT2D eigenvalue weighted by atomic mass is 10.2. The zero-order valence-corrected chi connectivity index (χ0v) is 13.2. The first-order valence-corrected chi connectivity index (χ1v) is 8.19. The lowest BCUT2D eigenvalue weighted by Crippen LogP contribution is -2.23. The molecule has 0 atom stereocenters. The number of rotatable bonds is 5. The number of sulfonamides is 1. The van der Waals surface area contributed by atoms with Crippen LogP contribution in [0, 0.1) is 6.92 Å². The van der Waals surface area contributed by atoms with Gasteiger partial charge in [0.1, 0.15) is 0 Å². The van der Waals surface area contributed by atoms with Gasteiger partial charge in [0.15, 0.2) is 0 Å². The van der Waals surface area contributed by atoms with Gasteiger partial charge in [0.05, 0.1) is 10.6 Å². The van der Waals surface area contributed by atoms with Crippen molar-refractivity contribution in [1.82, 2.24) is 14.5 Å². The number of hydrogen-bond acceptors (Lipinski definition) is 4. The summed E-state index contributed by atoms with van der Waals surface area (Å²) in [5.41, 5.74) is 8.82. The molecule has 0 aliphatic rings. The Morgan fingerprint density at radius 3 is 2.71 bits per heavy atom. The van der Waals surface area contributed by atoms with Crippen molar-refractivity contribution >= 4 is 15.7 Å². The van der Waals surface area contributed by atoms with E-state index in [0.29, 0.717) is 5.69 Å². The molecule has 0 aliphatic heterocycles. The molecule has 1 aromatic carbocycles. The van der Waals surface area contributed by atoms with Crippen molar-refractivity contribution in [2.45, 2.75) is 31.7 Å². The van der Waals surface area contributed by atoms with Crippen LogP contribution in [0.5, 0.6) is 0 Å². The van der Waals surface area contributed by atoms with Crippen LogP contribution in [-0.4, -0.2) is 18.2 Å². The molecule has 2 aromatic rings. The Labute approximate surface area is 125 Å². The summed E-state index contributed by atoms with van der Waals surface area (Å²) in [6, 6.07) is 4.68. The van der Waals surface area contributed by atoms with Crippen LogP contribution >= 0.6 is 0 Å². The lowest BCUT2D eigenvalue weighted by Gasteiger charge is -2.08. The molecule has 0 unspecified atom stereocenters. The third-order valence-electron chi connectivity index (χ3n) is 3.33. The minimum absolute atomic E-state index is 0.219. The summed E-state index contributed by atoms with van der Waals surface area (Å²) in [4.78, 5) is 0.219. The number of hydrogen-bond donors (Lipinski definition) is 2. The second-order valence-electron chi connectivity index (χ2n) is 4.97. The van der Waals surface area contributed by atoms with Gasteiger partial charge in [-0.2, -0.15) is 5.10 Å². The molecular formula is C14H20N4O2S. The monoisotopic (exact) mass is 308 g/mol. The van der Waals surface area contributed by atoms with Gasteiger partial charge in [0, 0.05) is 31.0 Å². The summed E-state index contributed by atoms with van der Waals surface area (Å²) in [6.45, 7) is 4.00. The van der Waals surface area contributed by atoms with Crippen molar-refractivity contribution in [3.63, 3.8) is 0 Å². The van der Waals surface area contributed by atoms with Crippen LogP contribution < -0.4 is 10.5 Å². The minimum Gasteiger partial charge on any atom is -0.399 e. The van der Waals surface area contributed by atoms with Gasteiger partial charge in [-0.05, 0) is 37.1 Å². The van der Waals surface area contributed by atoms with Crippen LogP contribution in [0.3, 0.4) is 0 Å². The van der Waals surface area contributed by atoms with Gasteiger partial charge in [0.2, 0.25) is 10.0 Å². The molecule has 1 heterocycles. The van der Waals surface area contributed by atoms with E-state index in [9.17, 15) is 8.42 Å². The van der Waals surface area contributed by atoms with E-state index in [0.717, 1.165) is 23.2 Å². The summed E-state index contributed by atoms with van der Waals surface area (Å²) in [5, 5.41) is 4.29. The molecule has 0 amide bonds. The van der Waals surface area contributed by atoms with Crippen molar-refractivity contribution in [3.05, 3.63) is 41.2 Å². The molecule has 6 nitrogen and oxygen atoms in total. The van der Waals surface area contributed by atoms with Gasteiger partial charge in [-0.25, -0.2) is 13.1 Å². The number of nitrogen functional groups attached to an aromatic ring is 1. The molecule has 0 saturated heterocycles. The normalized spacial score (nSPS) is 11.8. The van der Waals surface area contributed by atoms with Crippen molar-refractivity contribution in [1.29, 1.82) is 0 Å². The molecule has 0 radical (unpaired) electrons. The van der Waals surface area contributed by atoms with Crippen molar-refractivity contribution < 1.29 is 8.42 Å². The summed E-state index contributed by atoms with van der Waals surface area (Å²) in [6.07, 6.45) is 2.59. The van der Waals surface area contributed by atoms with Crippen LogP contribution in [0.25, 0.3) is 0 Å². The number of aromatic nitrogens is 2. The smallest absolute Gasteiger partial charge is 0.240 e. The first kappa shape index (κ1) is 15.5. The van der Waals surface area contributed by atoms with Gasteiger partial charge >= 0.3 is 0 Å². The SMILES string of the molecule is CCc1nn(C)cc1CNS(=O)(=O)c1ccc(N)c(C)c1. The van der Waals surface area contributed by atoms with Gasteiger partial charge in [-0.1, -0.05) is 6.92 Å². The molecule has 0 bridgehead atoms. The van der Waals surface area contributed by atoms with E-state index in [2.05, 4.69) is 9.82 Å². The second-order valence-corrected chi connectivity index (χ2v) is 6.74. The molecule has 3 N–H and O–H groups in total. The number of nitrogens with one attached hydrogen (secondary N) is 1. The summed E-state index contributed by atoms with van der Waals surface area (Å²) in [5.74, 6) is 0. The standard InChI is InChI=1S/C14H20N4O2S/c1-4-14-11(9-18(3)17-14)8-16-21(19,20)12-5-6-13(15)10(2)7-12/h5-7,9,16H,4,8,15H2,1-3H3. The third-order valence-corrected chi connectivity index (χ3v) is 4.73. The fourth-order valence-corrected chi connectivity index (χ4v) is 3.19. The van der Waals surface area contributed by atoms with Crippen molar-refractivity contribution in [2.24, 2.45) is 7.05 Å². The topological polar surface area (TPSA) is 90.0 Å². The molecule has 0 fully saturated rings. The highest BCUT2D eigenvalue weighted by atomic mass is 32.2. The van der Waals surface area contributed by atoms with Gasteiger partial charge < -0.3 is 5.73 Å². The maximum absolute atomic E-state index is 12.3. The first-order valence-electron chi connectivity index (χ1n) is 6.70. The molecule has 0 aliphatic carbocycles. The van der Waals surface area contributed by atoms with E-state index in [1.165, 1.54) is 6.07 Å². The number of nitrogens with zero attached hydrogens (tertiary/aromatic N) is 2. The van der Waals surface area contributed by atoms with E-state index in [-0.39, 0.29) is 11.4 Å². The van der Waals surface area contributed by atoms with Crippen molar-refractivity contribution in [3.8, 4) is 0 Å². The number of anilines is 1. The Morgan fingerprint density at radius 1 is 1.38 bits per heavy atom. The van der Waals surface area contributed by atoms with E-state index in [1.807, 2.05) is 20.2 Å². The molecule has 1 aromatic heterocycles. The molecule has 114 valence electrons. The molecular weight excluding hydrogens is 288 g/mol. The fourth-order valence-electron chi connectivity index (χ4n) is 2.10. The summed E-state index contributed by atoms with van der Waals surface area (Å²) in [7, 11) is -1.74. The molecule has 21 heavy (non-hydrogen) atoms. The van der Waals surface area contributed by atoms with Gasteiger partial charge in [-0.15, -0.1) is 0 Å². The largest absolute Gasteiger partial charge is 0.399 e. The maximum atomic E-state index is 12.3. The highest BCUT2D eigenvalue weighted by molar-refractivity contribution is 7.89. The number of nitrogens with two attached hydrogens (primary N) is 1. The Bertz CT molecular complexity index is 750. The zero-order valence-electron chi connectivity index (χ0n) is 12.4. The quantitative estimate of drug-likeness (QED) is 0.816.